The number of unbranched alkanes of at least 4 members (excludes halogenated alkanes) is 1. The largest absolute Gasteiger partial charge is 0.504 e. The fourth-order valence-electron chi connectivity index (χ4n) is 3.55. The Kier molecular flexibility index (Phi) is 6.00. The Balaban J connectivity index is 2.26. The highest BCUT2D eigenvalue weighted by atomic mass is 32.2. The van der Waals surface area contributed by atoms with Crippen LogP contribution in [0.15, 0.2) is 52.4 Å². The van der Waals surface area contributed by atoms with Gasteiger partial charge >= 0.3 is 0 Å². The monoisotopic (exact) mass is 385 g/mol. The van der Waals surface area contributed by atoms with Crippen molar-refractivity contribution >= 4 is 16.5 Å². The topological polar surface area (TPSA) is 58.9 Å². The molecule has 1 aliphatic rings. The molecule has 2 aromatic carbocycles. The van der Waals surface area contributed by atoms with Gasteiger partial charge in [-0.15, -0.1) is 0 Å². The lowest BCUT2D eigenvalue weighted by molar-refractivity contribution is 0.372. The molecule has 3 rings (SSSR count). The summed E-state index contributed by atoms with van der Waals surface area (Å²) in [5.41, 5.74) is 2.22. The molecule has 1 unspecified atom stereocenters. The van der Waals surface area contributed by atoms with Crippen LogP contribution in [0.1, 0.15) is 50.7 Å². The van der Waals surface area contributed by atoms with E-state index in [9.17, 15) is 9.32 Å². The van der Waals surface area contributed by atoms with E-state index in [1.165, 1.54) is 7.11 Å². The van der Waals surface area contributed by atoms with E-state index in [0.717, 1.165) is 42.5 Å². The van der Waals surface area contributed by atoms with E-state index < -0.39 is 10.8 Å². The standard InChI is InChI=1S/C22H27NO3S/c1-4-6-12-22(5-2)15-27(25)20-14-18(24)19(26-3)13-17(20)21(23-22)16-10-8-7-9-11-16/h7-11,13-14,24H,4-6,12,15H2,1-3H3/t22-,27?/m1/s1. The van der Waals surface area contributed by atoms with E-state index in [-0.39, 0.29) is 11.3 Å². The molecule has 1 heterocycles. The minimum atomic E-state index is -1.25. The third-order valence-corrected chi connectivity index (χ3v) is 6.86. The van der Waals surface area contributed by atoms with E-state index in [1.54, 1.807) is 12.1 Å². The minimum absolute atomic E-state index is 0.00886. The molecule has 27 heavy (non-hydrogen) atoms. The first kappa shape index (κ1) is 19.6. The number of phenolic OH excluding ortho intramolecular Hbond substituents is 1. The number of hydrogen-bond acceptors (Lipinski definition) is 4. The third kappa shape index (κ3) is 3.93. The van der Waals surface area contributed by atoms with Crippen LogP contribution in [0.5, 0.6) is 11.5 Å². The first-order valence-corrected chi connectivity index (χ1v) is 10.8. The Morgan fingerprint density at radius 3 is 2.59 bits per heavy atom. The summed E-state index contributed by atoms with van der Waals surface area (Å²) in [5.74, 6) is 0.847. The SMILES string of the molecule is CCCC[C@]1(CC)CS(=O)c2cc(O)c(OC)cc2C(c2ccccc2)=N1. The van der Waals surface area contributed by atoms with Crippen LogP contribution in [0, 0.1) is 0 Å². The van der Waals surface area contributed by atoms with Crippen LogP contribution in [-0.4, -0.2) is 33.4 Å². The molecule has 0 radical (unpaired) electrons. The Morgan fingerprint density at radius 1 is 1.22 bits per heavy atom. The molecule has 0 amide bonds. The molecule has 4 nitrogen and oxygen atoms in total. The molecule has 0 spiro atoms. The second-order valence-corrected chi connectivity index (χ2v) is 8.44. The first-order chi connectivity index (χ1) is 13.0. The van der Waals surface area contributed by atoms with E-state index in [4.69, 9.17) is 9.73 Å². The smallest absolute Gasteiger partial charge is 0.161 e. The van der Waals surface area contributed by atoms with Crippen molar-refractivity contribution in [3.05, 3.63) is 53.6 Å². The third-order valence-electron chi connectivity index (χ3n) is 5.23. The summed E-state index contributed by atoms with van der Waals surface area (Å²) in [5, 5.41) is 10.3. The zero-order chi connectivity index (χ0) is 19.4. The molecule has 1 N–H and O–H groups in total. The van der Waals surface area contributed by atoms with E-state index in [1.807, 2.05) is 30.3 Å². The Hall–Kier alpha value is -2.14. The predicted molar refractivity (Wildman–Crippen MR) is 111 cm³/mol. The van der Waals surface area contributed by atoms with Crippen LogP contribution >= 0.6 is 0 Å². The number of ether oxygens (including phenoxy) is 1. The number of fused-ring (bicyclic) bond motifs is 1. The fraction of sp³-hybridized carbons (Fsp3) is 0.409. The zero-order valence-electron chi connectivity index (χ0n) is 16.2. The van der Waals surface area contributed by atoms with Gasteiger partial charge in [-0.2, -0.15) is 0 Å². The van der Waals surface area contributed by atoms with Gasteiger partial charge in [0.05, 0.1) is 39.8 Å². The van der Waals surface area contributed by atoms with Crippen LogP contribution < -0.4 is 4.74 Å². The van der Waals surface area contributed by atoms with Crippen LogP contribution in [0.2, 0.25) is 0 Å². The van der Waals surface area contributed by atoms with E-state index in [0.29, 0.717) is 16.4 Å². The maximum atomic E-state index is 13.3. The Labute approximate surface area is 163 Å². The molecular formula is C22H27NO3S. The quantitative estimate of drug-likeness (QED) is 0.784. The molecule has 0 saturated carbocycles. The number of benzene rings is 2. The van der Waals surface area contributed by atoms with Gasteiger partial charge in [0.15, 0.2) is 11.5 Å². The number of hydrogen-bond donors (Lipinski definition) is 1. The van der Waals surface area contributed by atoms with Gasteiger partial charge in [-0.1, -0.05) is 57.0 Å². The van der Waals surface area contributed by atoms with Crippen molar-refractivity contribution in [1.29, 1.82) is 0 Å². The summed E-state index contributed by atoms with van der Waals surface area (Å²) in [6, 6.07) is 13.3. The van der Waals surface area contributed by atoms with E-state index >= 15 is 0 Å². The minimum Gasteiger partial charge on any atom is -0.504 e. The van der Waals surface area contributed by atoms with Crippen molar-refractivity contribution in [3.63, 3.8) is 0 Å². The van der Waals surface area contributed by atoms with Gasteiger partial charge in [0.1, 0.15) is 0 Å². The van der Waals surface area contributed by atoms with Gasteiger partial charge in [0.25, 0.3) is 0 Å². The average molecular weight is 386 g/mol. The normalized spacial score (nSPS) is 21.9. The van der Waals surface area contributed by atoms with Crippen molar-refractivity contribution in [2.24, 2.45) is 4.99 Å². The highest BCUT2D eigenvalue weighted by Crippen LogP contribution is 2.38. The lowest BCUT2D eigenvalue weighted by atomic mass is 9.91. The number of aromatic hydroxyl groups is 1. The number of rotatable bonds is 6. The van der Waals surface area contributed by atoms with Crippen LogP contribution in [0.25, 0.3) is 0 Å². The van der Waals surface area contributed by atoms with Crippen LogP contribution in [0.4, 0.5) is 0 Å². The van der Waals surface area contributed by atoms with Crippen molar-refractivity contribution in [2.45, 2.75) is 50.0 Å². The number of nitrogens with zero attached hydrogens (tertiary/aromatic N) is 1. The number of aliphatic imine (C=N–C) groups is 1. The Morgan fingerprint density at radius 2 is 1.96 bits per heavy atom. The van der Waals surface area contributed by atoms with Crippen LogP contribution in [0.3, 0.4) is 0 Å². The van der Waals surface area contributed by atoms with Gasteiger partial charge < -0.3 is 9.84 Å². The lowest BCUT2D eigenvalue weighted by Gasteiger charge is -2.28. The zero-order valence-corrected chi connectivity index (χ0v) is 17.0. The molecule has 1 aliphatic heterocycles. The molecule has 2 atom stereocenters. The molecule has 0 bridgehead atoms. The van der Waals surface area contributed by atoms with Crippen molar-refractivity contribution in [2.75, 3.05) is 12.9 Å². The molecule has 0 aromatic heterocycles. The first-order valence-electron chi connectivity index (χ1n) is 9.48. The summed E-state index contributed by atoms with van der Waals surface area (Å²) in [6.45, 7) is 4.28. The van der Waals surface area contributed by atoms with Gasteiger partial charge in [0.2, 0.25) is 0 Å². The summed E-state index contributed by atoms with van der Waals surface area (Å²) in [6.07, 6.45) is 3.85. The molecular weight excluding hydrogens is 358 g/mol. The van der Waals surface area contributed by atoms with Gasteiger partial charge in [-0.3, -0.25) is 9.20 Å². The average Bonchev–Trinajstić information content (AvgIpc) is 2.81. The predicted octanol–water partition coefficient (Wildman–Crippen LogP) is 4.70. The molecule has 0 aliphatic carbocycles. The van der Waals surface area contributed by atoms with Crippen molar-refractivity contribution in [3.8, 4) is 11.5 Å². The fourth-order valence-corrected chi connectivity index (χ4v) is 5.25. The molecule has 5 heteroatoms. The molecule has 0 saturated heterocycles. The van der Waals surface area contributed by atoms with Crippen molar-refractivity contribution < 1.29 is 14.1 Å². The van der Waals surface area contributed by atoms with Crippen LogP contribution in [-0.2, 0) is 10.8 Å². The summed E-state index contributed by atoms with van der Waals surface area (Å²) in [7, 11) is 0.269. The molecule has 144 valence electrons. The lowest BCUT2D eigenvalue weighted by Crippen LogP contribution is -2.32. The van der Waals surface area contributed by atoms with E-state index in [2.05, 4.69) is 13.8 Å². The molecule has 2 aromatic rings. The second-order valence-electron chi connectivity index (χ2n) is 7.02. The van der Waals surface area contributed by atoms with Gasteiger partial charge in [-0.05, 0) is 18.9 Å². The summed E-state index contributed by atoms with van der Waals surface area (Å²) >= 11 is 0. The summed E-state index contributed by atoms with van der Waals surface area (Å²) in [4.78, 5) is 5.84. The Bertz CT molecular complexity index is 863. The highest BCUT2D eigenvalue weighted by Gasteiger charge is 2.35. The second kappa shape index (κ2) is 8.26. The maximum Gasteiger partial charge on any atom is 0.161 e. The summed E-state index contributed by atoms with van der Waals surface area (Å²) < 4.78 is 18.6. The van der Waals surface area contributed by atoms with Gasteiger partial charge in [0, 0.05) is 17.2 Å². The number of methoxy groups -OCH3 is 1. The van der Waals surface area contributed by atoms with Gasteiger partial charge in [-0.25, -0.2) is 0 Å². The molecule has 0 fully saturated rings. The maximum absolute atomic E-state index is 13.3. The van der Waals surface area contributed by atoms with Crippen molar-refractivity contribution in [1.82, 2.24) is 0 Å². The number of phenols is 1. The highest BCUT2D eigenvalue weighted by molar-refractivity contribution is 7.85.